The summed E-state index contributed by atoms with van der Waals surface area (Å²) in [7, 11) is 0. The third-order valence-electron chi connectivity index (χ3n) is 2.24. The van der Waals surface area contributed by atoms with E-state index in [0.29, 0.717) is 5.56 Å². The number of aromatic nitrogens is 3. The van der Waals surface area contributed by atoms with E-state index in [4.69, 9.17) is 10.6 Å². The molecule has 1 aromatic carbocycles. The molecule has 0 aliphatic heterocycles. The minimum Gasteiger partial charge on any atom is -0.458 e. The van der Waals surface area contributed by atoms with Crippen molar-refractivity contribution < 1.29 is 4.74 Å². The van der Waals surface area contributed by atoms with E-state index in [1.807, 2.05) is 6.07 Å². The van der Waals surface area contributed by atoms with Gasteiger partial charge in [-0.1, -0.05) is 48.1 Å². The average molecular weight is 244 g/mol. The first-order chi connectivity index (χ1) is 8.74. The molecule has 2 aromatic rings. The van der Waals surface area contributed by atoms with Crippen molar-refractivity contribution in [3.05, 3.63) is 53.3 Å². The molecule has 0 fully saturated rings. The molecule has 1 heterocycles. The number of nitrogens with two attached hydrogens (primary N) is 1. The molecule has 0 spiro atoms. The standard InChI is InChI=1S/C12H12N4O2/c1-2-8-18-12-15-14-10(11(17)16(12)13)9-6-4-3-5-7-9/h2-7H,1,8,13H2. The summed E-state index contributed by atoms with van der Waals surface area (Å²) in [4.78, 5) is 12.0. The van der Waals surface area contributed by atoms with Gasteiger partial charge < -0.3 is 10.6 Å². The lowest BCUT2D eigenvalue weighted by Crippen LogP contribution is -2.31. The molecule has 1 aromatic heterocycles. The molecular formula is C12H12N4O2. The van der Waals surface area contributed by atoms with Gasteiger partial charge in [-0.15, -0.1) is 5.10 Å². The lowest BCUT2D eigenvalue weighted by atomic mass is 10.2. The molecular weight excluding hydrogens is 232 g/mol. The summed E-state index contributed by atoms with van der Waals surface area (Å²) in [5.41, 5.74) is 0.379. The van der Waals surface area contributed by atoms with Gasteiger partial charge in [0, 0.05) is 5.56 Å². The maximum absolute atomic E-state index is 12.0. The summed E-state index contributed by atoms with van der Waals surface area (Å²) in [6.07, 6.45) is 1.53. The van der Waals surface area contributed by atoms with Crippen LogP contribution in [0.25, 0.3) is 11.3 Å². The van der Waals surface area contributed by atoms with E-state index in [1.54, 1.807) is 24.3 Å². The Bertz CT molecular complexity index is 607. The summed E-state index contributed by atoms with van der Waals surface area (Å²) >= 11 is 0. The zero-order chi connectivity index (χ0) is 13.0. The highest BCUT2D eigenvalue weighted by Crippen LogP contribution is 2.11. The van der Waals surface area contributed by atoms with Crippen molar-refractivity contribution in [2.75, 3.05) is 12.4 Å². The Morgan fingerprint density at radius 3 is 2.72 bits per heavy atom. The van der Waals surface area contributed by atoms with Gasteiger partial charge >= 0.3 is 11.6 Å². The highest BCUT2D eigenvalue weighted by molar-refractivity contribution is 5.57. The van der Waals surface area contributed by atoms with Crippen molar-refractivity contribution in [1.82, 2.24) is 14.9 Å². The van der Waals surface area contributed by atoms with E-state index in [1.165, 1.54) is 6.08 Å². The average Bonchev–Trinajstić information content (AvgIpc) is 2.41. The van der Waals surface area contributed by atoms with E-state index >= 15 is 0 Å². The molecule has 0 bridgehead atoms. The summed E-state index contributed by atoms with van der Waals surface area (Å²) in [6.45, 7) is 3.70. The van der Waals surface area contributed by atoms with Gasteiger partial charge in [0.25, 0.3) is 0 Å². The van der Waals surface area contributed by atoms with Crippen LogP contribution in [0.4, 0.5) is 0 Å². The zero-order valence-electron chi connectivity index (χ0n) is 9.61. The second-order valence-electron chi connectivity index (χ2n) is 3.47. The van der Waals surface area contributed by atoms with E-state index in [-0.39, 0.29) is 18.3 Å². The first kappa shape index (κ1) is 11.8. The second-order valence-corrected chi connectivity index (χ2v) is 3.47. The first-order valence-electron chi connectivity index (χ1n) is 5.28. The maximum Gasteiger partial charge on any atom is 0.338 e. The Labute approximate surface area is 103 Å². The van der Waals surface area contributed by atoms with Gasteiger partial charge in [-0.05, 0) is 0 Å². The van der Waals surface area contributed by atoms with Gasteiger partial charge in [-0.2, -0.15) is 4.68 Å². The third-order valence-corrected chi connectivity index (χ3v) is 2.24. The van der Waals surface area contributed by atoms with Gasteiger partial charge in [0.15, 0.2) is 5.69 Å². The van der Waals surface area contributed by atoms with Crippen molar-refractivity contribution in [3.63, 3.8) is 0 Å². The van der Waals surface area contributed by atoms with Gasteiger partial charge in [-0.25, -0.2) is 0 Å². The smallest absolute Gasteiger partial charge is 0.338 e. The molecule has 0 saturated heterocycles. The van der Waals surface area contributed by atoms with E-state index in [2.05, 4.69) is 16.8 Å². The van der Waals surface area contributed by atoms with Gasteiger partial charge in [-0.3, -0.25) is 4.79 Å². The minimum absolute atomic E-state index is 0.0421. The van der Waals surface area contributed by atoms with Crippen LogP contribution in [-0.4, -0.2) is 21.5 Å². The van der Waals surface area contributed by atoms with Crippen molar-refractivity contribution in [1.29, 1.82) is 0 Å². The molecule has 0 radical (unpaired) electrons. The topological polar surface area (TPSA) is 83.0 Å². The second kappa shape index (κ2) is 5.13. The summed E-state index contributed by atoms with van der Waals surface area (Å²) in [5, 5.41) is 7.61. The van der Waals surface area contributed by atoms with Gasteiger partial charge in [0.05, 0.1) is 0 Å². The van der Waals surface area contributed by atoms with Crippen LogP contribution in [0.5, 0.6) is 6.01 Å². The van der Waals surface area contributed by atoms with Crippen molar-refractivity contribution in [2.45, 2.75) is 0 Å². The normalized spacial score (nSPS) is 10.0. The molecule has 0 aliphatic carbocycles. The Hall–Kier alpha value is -2.63. The fourth-order valence-corrected chi connectivity index (χ4v) is 1.39. The summed E-state index contributed by atoms with van der Waals surface area (Å²) < 4.78 is 5.94. The van der Waals surface area contributed by atoms with E-state index in [9.17, 15) is 4.79 Å². The van der Waals surface area contributed by atoms with Crippen molar-refractivity contribution >= 4 is 0 Å². The fourth-order valence-electron chi connectivity index (χ4n) is 1.39. The van der Waals surface area contributed by atoms with E-state index in [0.717, 1.165) is 4.68 Å². The van der Waals surface area contributed by atoms with Crippen LogP contribution in [0, 0.1) is 0 Å². The predicted octanol–water partition coefficient (Wildman–Crippen LogP) is 0.584. The molecule has 2 rings (SSSR count). The molecule has 2 N–H and O–H groups in total. The number of benzene rings is 1. The molecule has 0 amide bonds. The summed E-state index contributed by atoms with van der Waals surface area (Å²) in [6, 6.07) is 8.93. The van der Waals surface area contributed by atoms with Crippen molar-refractivity contribution in [2.24, 2.45) is 0 Å². The molecule has 0 atom stereocenters. The first-order valence-corrected chi connectivity index (χ1v) is 5.28. The Morgan fingerprint density at radius 2 is 2.06 bits per heavy atom. The number of nitrogen functional groups attached to an aromatic ring is 1. The fraction of sp³-hybridized carbons (Fsp3) is 0.0833. The van der Waals surface area contributed by atoms with Crippen molar-refractivity contribution in [3.8, 4) is 17.3 Å². The highest BCUT2D eigenvalue weighted by Gasteiger charge is 2.12. The Morgan fingerprint density at radius 1 is 1.33 bits per heavy atom. The molecule has 0 unspecified atom stereocenters. The summed E-state index contributed by atoms with van der Waals surface area (Å²) in [5.74, 6) is 5.60. The molecule has 6 heteroatoms. The molecule has 0 saturated carbocycles. The molecule has 0 aliphatic rings. The Kier molecular flexibility index (Phi) is 3.38. The Balaban J connectivity index is 2.44. The quantitative estimate of drug-likeness (QED) is 0.628. The lowest BCUT2D eigenvalue weighted by Gasteiger charge is -2.07. The zero-order valence-corrected chi connectivity index (χ0v) is 9.61. The molecule has 18 heavy (non-hydrogen) atoms. The van der Waals surface area contributed by atoms with Crippen LogP contribution in [0.3, 0.4) is 0 Å². The van der Waals surface area contributed by atoms with Crippen LogP contribution in [0.15, 0.2) is 47.8 Å². The van der Waals surface area contributed by atoms with Crippen LogP contribution >= 0.6 is 0 Å². The number of hydrogen-bond donors (Lipinski definition) is 1. The van der Waals surface area contributed by atoms with Crippen LogP contribution in [0.2, 0.25) is 0 Å². The van der Waals surface area contributed by atoms with Crippen LogP contribution in [0.1, 0.15) is 0 Å². The lowest BCUT2D eigenvalue weighted by molar-refractivity contribution is 0.313. The number of rotatable bonds is 4. The SMILES string of the molecule is C=CCOc1nnc(-c2ccccc2)c(=O)n1N. The molecule has 92 valence electrons. The largest absolute Gasteiger partial charge is 0.458 e. The van der Waals surface area contributed by atoms with Crippen LogP contribution < -0.4 is 16.1 Å². The highest BCUT2D eigenvalue weighted by atomic mass is 16.5. The number of hydrogen-bond acceptors (Lipinski definition) is 5. The van der Waals surface area contributed by atoms with Gasteiger partial charge in [0.2, 0.25) is 0 Å². The van der Waals surface area contributed by atoms with Gasteiger partial charge in [0.1, 0.15) is 6.61 Å². The monoisotopic (exact) mass is 244 g/mol. The minimum atomic E-state index is -0.463. The van der Waals surface area contributed by atoms with Crippen LogP contribution in [-0.2, 0) is 0 Å². The maximum atomic E-state index is 12.0. The van der Waals surface area contributed by atoms with E-state index < -0.39 is 5.56 Å². The number of nitrogens with zero attached hydrogens (tertiary/aromatic N) is 3. The third kappa shape index (κ3) is 2.22. The number of ether oxygens (including phenoxy) is 1. The molecule has 6 nitrogen and oxygen atoms in total. The predicted molar refractivity (Wildman–Crippen MR) is 67.6 cm³/mol.